The van der Waals surface area contributed by atoms with Gasteiger partial charge in [-0.2, -0.15) is 0 Å². The molecule has 1 saturated carbocycles. The van der Waals surface area contributed by atoms with Gasteiger partial charge < -0.3 is 9.47 Å². The van der Waals surface area contributed by atoms with E-state index in [2.05, 4.69) is 26.6 Å². The van der Waals surface area contributed by atoms with Gasteiger partial charge in [-0.1, -0.05) is 36.4 Å². The summed E-state index contributed by atoms with van der Waals surface area (Å²) in [5, 5.41) is 0. The van der Waals surface area contributed by atoms with E-state index >= 15 is 0 Å². The summed E-state index contributed by atoms with van der Waals surface area (Å²) in [5.41, 5.74) is 3.11. The SMILES string of the molecule is O=C(C1CC1)N1CCC(Cn2ccnc2-c2ccc(-c3ccc(F)cc3)cc2)C1. The largest absolute Gasteiger partial charge is 0.342 e. The molecule has 3 aromatic rings. The molecule has 0 radical (unpaired) electrons. The quantitative estimate of drug-likeness (QED) is 0.639. The number of rotatable bonds is 5. The lowest BCUT2D eigenvalue weighted by Crippen LogP contribution is -2.30. The van der Waals surface area contributed by atoms with E-state index < -0.39 is 0 Å². The average Bonchev–Trinajstić information content (AvgIpc) is 3.32. The predicted octanol–water partition coefficient (Wildman–Crippen LogP) is 4.61. The molecule has 1 amide bonds. The normalized spacial score (nSPS) is 18.9. The number of imidazole rings is 1. The number of carbonyl (C=O) groups is 1. The second-order valence-electron chi connectivity index (χ2n) is 8.20. The van der Waals surface area contributed by atoms with E-state index in [1.165, 1.54) is 12.1 Å². The molecule has 1 saturated heterocycles. The highest BCUT2D eigenvalue weighted by atomic mass is 19.1. The standard InChI is InChI=1S/C24H24FN3O/c25-22-9-7-19(8-10-22)18-1-3-20(4-2-18)23-26-12-14-27(23)15-17-11-13-28(16-17)24(29)21-5-6-21/h1-4,7-10,12,14,17,21H,5-6,11,13,15-16H2. The Morgan fingerprint density at radius 2 is 1.62 bits per heavy atom. The van der Waals surface area contributed by atoms with E-state index in [4.69, 9.17) is 0 Å². The number of carbonyl (C=O) groups excluding carboxylic acids is 1. The monoisotopic (exact) mass is 389 g/mol. The predicted molar refractivity (Wildman–Crippen MR) is 110 cm³/mol. The zero-order valence-electron chi connectivity index (χ0n) is 16.3. The van der Waals surface area contributed by atoms with Crippen molar-refractivity contribution in [1.29, 1.82) is 0 Å². The lowest BCUT2D eigenvalue weighted by Gasteiger charge is -2.17. The topological polar surface area (TPSA) is 38.1 Å². The molecular weight excluding hydrogens is 365 g/mol. The van der Waals surface area contributed by atoms with E-state index in [1.807, 2.05) is 24.5 Å². The second kappa shape index (κ2) is 7.47. The van der Waals surface area contributed by atoms with Crippen LogP contribution in [-0.2, 0) is 11.3 Å². The zero-order valence-corrected chi connectivity index (χ0v) is 16.3. The summed E-state index contributed by atoms with van der Waals surface area (Å²) in [6, 6.07) is 14.8. The van der Waals surface area contributed by atoms with Crippen LogP contribution in [0.25, 0.3) is 22.5 Å². The molecule has 0 bridgehead atoms. The summed E-state index contributed by atoms with van der Waals surface area (Å²) < 4.78 is 15.3. The van der Waals surface area contributed by atoms with Crippen molar-refractivity contribution >= 4 is 5.91 Å². The Bertz CT molecular complexity index is 1010. The fourth-order valence-corrected chi connectivity index (χ4v) is 4.22. The summed E-state index contributed by atoms with van der Waals surface area (Å²) in [5.74, 6) is 1.86. The lowest BCUT2D eigenvalue weighted by atomic mass is 10.0. The molecule has 0 spiro atoms. The van der Waals surface area contributed by atoms with Gasteiger partial charge in [0.1, 0.15) is 11.6 Å². The second-order valence-corrected chi connectivity index (χ2v) is 8.20. The number of nitrogens with zero attached hydrogens (tertiary/aromatic N) is 3. The molecular formula is C24H24FN3O. The Balaban J connectivity index is 1.29. The Labute approximate surface area is 170 Å². The first-order valence-electron chi connectivity index (χ1n) is 10.3. The van der Waals surface area contributed by atoms with Crippen molar-refractivity contribution in [3.05, 3.63) is 66.7 Å². The minimum Gasteiger partial charge on any atom is -0.342 e. The van der Waals surface area contributed by atoms with Crippen molar-refractivity contribution in [2.45, 2.75) is 25.8 Å². The van der Waals surface area contributed by atoms with Crippen molar-refractivity contribution < 1.29 is 9.18 Å². The van der Waals surface area contributed by atoms with Gasteiger partial charge >= 0.3 is 0 Å². The third-order valence-corrected chi connectivity index (χ3v) is 6.02. The summed E-state index contributed by atoms with van der Waals surface area (Å²) in [7, 11) is 0. The molecule has 4 nitrogen and oxygen atoms in total. The molecule has 2 aromatic carbocycles. The number of hydrogen-bond acceptors (Lipinski definition) is 2. The molecule has 148 valence electrons. The number of likely N-dealkylation sites (tertiary alicyclic amines) is 1. The minimum atomic E-state index is -0.225. The van der Waals surface area contributed by atoms with Gasteiger partial charge in [-0.15, -0.1) is 0 Å². The van der Waals surface area contributed by atoms with E-state index in [0.29, 0.717) is 17.7 Å². The molecule has 2 heterocycles. The van der Waals surface area contributed by atoms with Crippen LogP contribution >= 0.6 is 0 Å². The smallest absolute Gasteiger partial charge is 0.225 e. The Kier molecular flexibility index (Phi) is 4.66. The van der Waals surface area contributed by atoms with Gasteiger partial charge in [0.05, 0.1) is 0 Å². The first-order valence-corrected chi connectivity index (χ1v) is 10.3. The zero-order chi connectivity index (χ0) is 19.8. The van der Waals surface area contributed by atoms with Gasteiger partial charge in [0.15, 0.2) is 0 Å². The number of aromatic nitrogens is 2. The first kappa shape index (κ1) is 18.1. The molecule has 1 aromatic heterocycles. The van der Waals surface area contributed by atoms with Crippen LogP contribution in [0.2, 0.25) is 0 Å². The maximum atomic E-state index is 13.1. The van der Waals surface area contributed by atoms with Crippen molar-refractivity contribution in [1.82, 2.24) is 14.5 Å². The van der Waals surface area contributed by atoms with Gasteiger partial charge in [-0.05, 0) is 48.4 Å². The molecule has 5 rings (SSSR count). The fourth-order valence-electron chi connectivity index (χ4n) is 4.22. The minimum absolute atomic E-state index is 0.225. The maximum Gasteiger partial charge on any atom is 0.225 e. The molecule has 1 aliphatic carbocycles. The highest BCUT2D eigenvalue weighted by Gasteiger charge is 2.36. The van der Waals surface area contributed by atoms with Gasteiger partial charge in [-0.25, -0.2) is 9.37 Å². The summed E-state index contributed by atoms with van der Waals surface area (Å²) in [4.78, 5) is 18.9. The van der Waals surface area contributed by atoms with E-state index in [0.717, 1.165) is 61.4 Å². The lowest BCUT2D eigenvalue weighted by molar-refractivity contribution is -0.131. The van der Waals surface area contributed by atoms with Crippen molar-refractivity contribution in [2.24, 2.45) is 11.8 Å². The van der Waals surface area contributed by atoms with Crippen LogP contribution in [0.15, 0.2) is 60.9 Å². The van der Waals surface area contributed by atoms with Crippen LogP contribution in [0.5, 0.6) is 0 Å². The van der Waals surface area contributed by atoms with E-state index in [-0.39, 0.29) is 5.82 Å². The van der Waals surface area contributed by atoms with Crippen molar-refractivity contribution in [2.75, 3.05) is 13.1 Å². The number of amides is 1. The molecule has 5 heteroatoms. The van der Waals surface area contributed by atoms with Crippen LogP contribution in [0.4, 0.5) is 4.39 Å². The van der Waals surface area contributed by atoms with Crippen LogP contribution < -0.4 is 0 Å². The molecule has 0 N–H and O–H groups in total. The number of halogens is 1. The Morgan fingerprint density at radius 1 is 0.966 bits per heavy atom. The van der Waals surface area contributed by atoms with Gasteiger partial charge in [0, 0.05) is 43.5 Å². The number of benzene rings is 2. The van der Waals surface area contributed by atoms with Crippen molar-refractivity contribution in [3.63, 3.8) is 0 Å². The van der Waals surface area contributed by atoms with E-state index in [1.54, 1.807) is 12.1 Å². The Hall–Kier alpha value is -2.95. The van der Waals surface area contributed by atoms with E-state index in [9.17, 15) is 9.18 Å². The summed E-state index contributed by atoms with van der Waals surface area (Å²) in [6.07, 6.45) is 7.05. The third-order valence-electron chi connectivity index (χ3n) is 6.02. The Morgan fingerprint density at radius 3 is 2.31 bits per heavy atom. The van der Waals surface area contributed by atoms with Gasteiger partial charge in [0.25, 0.3) is 0 Å². The molecule has 1 atom stereocenters. The fraction of sp³-hybridized carbons (Fsp3) is 0.333. The third kappa shape index (κ3) is 3.82. The first-order chi connectivity index (χ1) is 14.2. The average molecular weight is 389 g/mol. The van der Waals surface area contributed by atoms with Crippen LogP contribution in [0.3, 0.4) is 0 Å². The number of hydrogen-bond donors (Lipinski definition) is 0. The molecule has 1 unspecified atom stereocenters. The maximum absolute atomic E-state index is 13.1. The molecule has 2 fully saturated rings. The van der Waals surface area contributed by atoms with Gasteiger partial charge in [0.2, 0.25) is 5.91 Å². The molecule has 29 heavy (non-hydrogen) atoms. The van der Waals surface area contributed by atoms with Crippen LogP contribution in [0.1, 0.15) is 19.3 Å². The van der Waals surface area contributed by atoms with Crippen molar-refractivity contribution in [3.8, 4) is 22.5 Å². The van der Waals surface area contributed by atoms with Crippen LogP contribution in [-0.4, -0.2) is 33.4 Å². The highest BCUT2D eigenvalue weighted by molar-refractivity contribution is 5.81. The van der Waals surface area contributed by atoms with Crippen LogP contribution in [0, 0.1) is 17.7 Å². The van der Waals surface area contributed by atoms with Gasteiger partial charge in [-0.3, -0.25) is 4.79 Å². The molecule has 1 aliphatic heterocycles. The summed E-state index contributed by atoms with van der Waals surface area (Å²) in [6.45, 7) is 2.62. The summed E-state index contributed by atoms with van der Waals surface area (Å²) >= 11 is 0. The molecule has 2 aliphatic rings. The highest BCUT2D eigenvalue weighted by Crippen LogP contribution is 2.33.